The van der Waals surface area contributed by atoms with Gasteiger partial charge in [-0.25, -0.2) is 4.79 Å². The molecule has 0 aliphatic rings. The van der Waals surface area contributed by atoms with Gasteiger partial charge in [-0.05, 0) is 19.8 Å². The van der Waals surface area contributed by atoms with E-state index in [9.17, 15) is 4.79 Å². The zero-order chi connectivity index (χ0) is 14.1. The van der Waals surface area contributed by atoms with E-state index in [0.29, 0.717) is 18.7 Å². The van der Waals surface area contributed by atoms with Crippen molar-refractivity contribution in [2.75, 3.05) is 0 Å². The van der Waals surface area contributed by atoms with Crippen LogP contribution in [0.2, 0.25) is 0 Å². The number of urea groups is 1. The SMILES string of the molecule is CCCC(C)NC(=O)NC(C#N)CCc1nn[nH]n1. The highest BCUT2D eigenvalue weighted by molar-refractivity contribution is 5.74. The Morgan fingerprint density at radius 2 is 2.26 bits per heavy atom. The second-order valence-corrected chi connectivity index (χ2v) is 4.36. The molecule has 1 aromatic heterocycles. The molecule has 8 heteroatoms. The summed E-state index contributed by atoms with van der Waals surface area (Å²) in [6.07, 6.45) is 2.85. The quantitative estimate of drug-likeness (QED) is 0.663. The summed E-state index contributed by atoms with van der Waals surface area (Å²) >= 11 is 0. The van der Waals surface area contributed by atoms with E-state index in [0.717, 1.165) is 12.8 Å². The normalized spacial score (nSPS) is 13.3. The van der Waals surface area contributed by atoms with E-state index in [2.05, 4.69) is 38.2 Å². The minimum atomic E-state index is -0.563. The largest absolute Gasteiger partial charge is 0.336 e. The Hall–Kier alpha value is -2.17. The molecule has 0 saturated heterocycles. The van der Waals surface area contributed by atoms with Crippen LogP contribution in [0.4, 0.5) is 4.79 Å². The van der Waals surface area contributed by atoms with E-state index in [-0.39, 0.29) is 12.1 Å². The molecule has 0 bridgehead atoms. The molecule has 19 heavy (non-hydrogen) atoms. The third-order valence-corrected chi connectivity index (χ3v) is 2.61. The number of rotatable bonds is 7. The summed E-state index contributed by atoms with van der Waals surface area (Å²) in [4.78, 5) is 11.6. The first-order valence-corrected chi connectivity index (χ1v) is 6.34. The maximum atomic E-state index is 11.6. The van der Waals surface area contributed by atoms with Crippen molar-refractivity contribution >= 4 is 6.03 Å². The van der Waals surface area contributed by atoms with E-state index in [4.69, 9.17) is 5.26 Å². The number of nitrogens with one attached hydrogen (secondary N) is 3. The van der Waals surface area contributed by atoms with Gasteiger partial charge in [0.2, 0.25) is 0 Å². The van der Waals surface area contributed by atoms with Gasteiger partial charge in [0, 0.05) is 12.5 Å². The van der Waals surface area contributed by atoms with Gasteiger partial charge in [0.05, 0.1) is 6.07 Å². The van der Waals surface area contributed by atoms with Crippen LogP contribution >= 0.6 is 0 Å². The van der Waals surface area contributed by atoms with E-state index < -0.39 is 6.04 Å². The van der Waals surface area contributed by atoms with Crippen molar-refractivity contribution in [3.8, 4) is 6.07 Å². The number of nitriles is 1. The summed E-state index contributed by atoms with van der Waals surface area (Å²) in [5.41, 5.74) is 0. The van der Waals surface area contributed by atoms with Crippen molar-refractivity contribution in [3.05, 3.63) is 5.82 Å². The fourth-order valence-corrected chi connectivity index (χ4v) is 1.66. The summed E-state index contributed by atoms with van der Waals surface area (Å²) in [6, 6.07) is 1.26. The van der Waals surface area contributed by atoms with Gasteiger partial charge in [0.15, 0.2) is 5.82 Å². The lowest BCUT2D eigenvalue weighted by Gasteiger charge is -2.16. The fourth-order valence-electron chi connectivity index (χ4n) is 1.66. The highest BCUT2D eigenvalue weighted by Crippen LogP contribution is 1.99. The Kier molecular flexibility index (Phi) is 6.29. The number of carbonyl (C=O) groups is 1. The van der Waals surface area contributed by atoms with Gasteiger partial charge in [0.1, 0.15) is 6.04 Å². The number of aromatic nitrogens is 4. The number of aryl methyl sites for hydroxylation is 1. The third-order valence-electron chi connectivity index (χ3n) is 2.61. The lowest BCUT2D eigenvalue weighted by Crippen LogP contribution is -2.45. The second kappa shape index (κ2) is 8.02. The molecule has 0 radical (unpaired) electrons. The van der Waals surface area contributed by atoms with Crippen molar-refractivity contribution in [1.29, 1.82) is 5.26 Å². The molecule has 2 atom stereocenters. The first-order chi connectivity index (χ1) is 9.15. The molecule has 0 aliphatic heterocycles. The van der Waals surface area contributed by atoms with Crippen molar-refractivity contribution in [2.24, 2.45) is 0 Å². The summed E-state index contributed by atoms with van der Waals surface area (Å²) in [6.45, 7) is 3.99. The van der Waals surface area contributed by atoms with Crippen molar-refractivity contribution in [1.82, 2.24) is 31.3 Å². The number of amides is 2. The molecule has 2 amide bonds. The zero-order valence-electron chi connectivity index (χ0n) is 11.2. The molecule has 0 saturated carbocycles. The minimum absolute atomic E-state index is 0.0987. The van der Waals surface area contributed by atoms with Crippen molar-refractivity contribution in [3.63, 3.8) is 0 Å². The summed E-state index contributed by atoms with van der Waals surface area (Å²) in [5, 5.41) is 27.7. The molecular formula is C11H19N7O. The smallest absolute Gasteiger partial charge is 0.316 e. The van der Waals surface area contributed by atoms with E-state index in [1.807, 2.05) is 13.0 Å². The molecule has 3 N–H and O–H groups in total. The number of hydrogen-bond acceptors (Lipinski definition) is 5. The highest BCUT2D eigenvalue weighted by Gasteiger charge is 2.13. The number of tetrazole rings is 1. The molecule has 1 aromatic rings. The van der Waals surface area contributed by atoms with Crippen LogP contribution < -0.4 is 10.6 Å². The van der Waals surface area contributed by atoms with Crippen LogP contribution in [0.1, 0.15) is 38.9 Å². The topological polar surface area (TPSA) is 119 Å². The molecular weight excluding hydrogens is 246 g/mol. The van der Waals surface area contributed by atoms with Crippen LogP contribution in [0.5, 0.6) is 0 Å². The number of H-pyrrole nitrogens is 1. The predicted octanol–water partition coefficient (Wildman–Crippen LogP) is 0.512. The van der Waals surface area contributed by atoms with Gasteiger partial charge in [-0.3, -0.25) is 0 Å². The lowest BCUT2D eigenvalue weighted by atomic mass is 10.1. The van der Waals surface area contributed by atoms with Crippen LogP contribution in [0.3, 0.4) is 0 Å². The standard InChI is InChI=1S/C11H19N7O/c1-3-4-8(2)13-11(19)14-9(7-12)5-6-10-15-17-18-16-10/h8-9H,3-6H2,1-2H3,(H2,13,14,19)(H,15,16,17,18). The molecule has 0 fully saturated rings. The molecule has 104 valence electrons. The van der Waals surface area contributed by atoms with E-state index >= 15 is 0 Å². The molecule has 8 nitrogen and oxygen atoms in total. The molecule has 0 aromatic carbocycles. The first kappa shape index (κ1) is 14.9. The fraction of sp³-hybridized carbons (Fsp3) is 0.727. The van der Waals surface area contributed by atoms with Crippen LogP contribution in [-0.2, 0) is 6.42 Å². The van der Waals surface area contributed by atoms with Gasteiger partial charge in [-0.15, -0.1) is 10.2 Å². The number of carbonyl (C=O) groups excluding carboxylic acids is 1. The number of nitrogens with zero attached hydrogens (tertiary/aromatic N) is 4. The summed E-state index contributed by atoms with van der Waals surface area (Å²) in [5.74, 6) is 0.529. The summed E-state index contributed by atoms with van der Waals surface area (Å²) < 4.78 is 0. The van der Waals surface area contributed by atoms with Gasteiger partial charge in [-0.1, -0.05) is 18.6 Å². The summed E-state index contributed by atoms with van der Waals surface area (Å²) in [7, 11) is 0. The van der Waals surface area contributed by atoms with Gasteiger partial charge < -0.3 is 10.6 Å². The van der Waals surface area contributed by atoms with Gasteiger partial charge in [0.25, 0.3) is 0 Å². The van der Waals surface area contributed by atoms with Crippen LogP contribution in [0.15, 0.2) is 0 Å². The van der Waals surface area contributed by atoms with E-state index in [1.54, 1.807) is 0 Å². The van der Waals surface area contributed by atoms with Gasteiger partial charge >= 0.3 is 6.03 Å². The lowest BCUT2D eigenvalue weighted by molar-refractivity contribution is 0.235. The third kappa shape index (κ3) is 5.81. The Morgan fingerprint density at radius 1 is 1.47 bits per heavy atom. The Bertz CT molecular complexity index is 411. The molecule has 0 aliphatic carbocycles. The monoisotopic (exact) mass is 265 g/mol. The van der Waals surface area contributed by atoms with Crippen molar-refractivity contribution < 1.29 is 4.79 Å². The Labute approximate surface area is 112 Å². The van der Waals surface area contributed by atoms with E-state index in [1.165, 1.54) is 0 Å². The molecule has 0 spiro atoms. The van der Waals surface area contributed by atoms with Crippen LogP contribution in [-0.4, -0.2) is 38.7 Å². The predicted molar refractivity (Wildman–Crippen MR) is 67.9 cm³/mol. The Morgan fingerprint density at radius 3 is 2.84 bits per heavy atom. The highest BCUT2D eigenvalue weighted by atomic mass is 16.2. The number of aromatic amines is 1. The average molecular weight is 265 g/mol. The number of hydrogen-bond donors (Lipinski definition) is 3. The maximum Gasteiger partial charge on any atom is 0.316 e. The van der Waals surface area contributed by atoms with Crippen LogP contribution in [0.25, 0.3) is 0 Å². The van der Waals surface area contributed by atoms with Crippen molar-refractivity contribution in [2.45, 2.75) is 51.6 Å². The first-order valence-electron chi connectivity index (χ1n) is 6.34. The molecule has 2 unspecified atom stereocenters. The maximum absolute atomic E-state index is 11.6. The molecule has 1 rings (SSSR count). The average Bonchev–Trinajstić information content (AvgIpc) is 2.87. The molecule has 1 heterocycles. The second-order valence-electron chi connectivity index (χ2n) is 4.36. The van der Waals surface area contributed by atoms with Crippen LogP contribution in [0, 0.1) is 11.3 Å². The van der Waals surface area contributed by atoms with Gasteiger partial charge in [-0.2, -0.15) is 10.5 Å². The zero-order valence-corrected chi connectivity index (χ0v) is 11.2. The minimum Gasteiger partial charge on any atom is -0.336 e. The Balaban J connectivity index is 2.31.